The van der Waals surface area contributed by atoms with Gasteiger partial charge in [-0.1, -0.05) is 18.2 Å². The summed E-state index contributed by atoms with van der Waals surface area (Å²) < 4.78 is 25.6. The van der Waals surface area contributed by atoms with Crippen LogP contribution in [0, 0.1) is 0 Å². The number of aromatic nitrogens is 2. The van der Waals surface area contributed by atoms with Crippen LogP contribution in [0.4, 0.5) is 0 Å². The zero-order valence-corrected chi connectivity index (χ0v) is 15.7. The van der Waals surface area contributed by atoms with Gasteiger partial charge in [-0.3, -0.25) is 4.79 Å². The van der Waals surface area contributed by atoms with Crippen molar-refractivity contribution in [3.8, 4) is 5.69 Å². The Bertz CT molecular complexity index is 934. The molecule has 1 fully saturated rings. The molecule has 0 bridgehead atoms. The molecule has 1 amide bonds. The van der Waals surface area contributed by atoms with Crippen LogP contribution in [-0.2, 0) is 22.7 Å². The molecule has 4 rings (SSSR count). The molecule has 6 nitrogen and oxygen atoms in total. The molecule has 7 heteroatoms. The van der Waals surface area contributed by atoms with Gasteiger partial charge in [0.25, 0.3) is 5.91 Å². The van der Waals surface area contributed by atoms with Gasteiger partial charge in [-0.15, -0.1) is 0 Å². The van der Waals surface area contributed by atoms with Gasteiger partial charge in [-0.25, -0.2) is 13.1 Å². The lowest BCUT2D eigenvalue weighted by molar-refractivity contribution is 0.0700. The van der Waals surface area contributed by atoms with Crippen molar-refractivity contribution < 1.29 is 13.2 Å². The predicted molar refractivity (Wildman–Crippen MR) is 99.4 cm³/mol. The molecule has 1 aliphatic carbocycles. The lowest BCUT2D eigenvalue weighted by Gasteiger charge is -2.26. The van der Waals surface area contributed by atoms with E-state index in [1.165, 1.54) is 0 Å². The molecule has 0 spiro atoms. The largest absolute Gasteiger partial charge is 0.333 e. The minimum absolute atomic E-state index is 0.0637. The summed E-state index contributed by atoms with van der Waals surface area (Å²) in [5, 5.41) is 4.65. The molecule has 1 aromatic carbocycles. The molecule has 2 aliphatic rings. The second-order valence-electron chi connectivity index (χ2n) is 7.02. The molecule has 1 unspecified atom stereocenters. The number of fused-ring (bicyclic) bond motifs is 1. The van der Waals surface area contributed by atoms with Crippen LogP contribution in [0.5, 0.6) is 0 Å². The summed E-state index contributed by atoms with van der Waals surface area (Å²) in [7, 11) is -3.04. The number of para-hydroxylation sites is 1. The summed E-state index contributed by atoms with van der Waals surface area (Å²) in [6, 6.07) is 9.61. The molecule has 26 heavy (non-hydrogen) atoms. The fraction of sp³-hybridized carbons (Fsp3) is 0.474. The van der Waals surface area contributed by atoms with E-state index < -0.39 is 9.84 Å². The maximum Gasteiger partial charge on any atom is 0.274 e. The van der Waals surface area contributed by atoms with Crippen molar-refractivity contribution in [1.29, 1.82) is 0 Å². The van der Waals surface area contributed by atoms with Gasteiger partial charge in [-0.05, 0) is 44.7 Å². The van der Waals surface area contributed by atoms with E-state index in [2.05, 4.69) is 5.10 Å². The summed E-state index contributed by atoms with van der Waals surface area (Å²) in [6.07, 6.45) is 3.30. The fourth-order valence-electron chi connectivity index (χ4n) is 4.12. The van der Waals surface area contributed by atoms with Crippen LogP contribution in [-0.4, -0.2) is 53.1 Å². The van der Waals surface area contributed by atoms with E-state index in [1.54, 1.807) is 4.90 Å². The van der Waals surface area contributed by atoms with Crippen LogP contribution < -0.4 is 0 Å². The molecule has 1 atom stereocenters. The summed E-state index contributed by atoms with van der Waals surface area (Å²) >= 11 is 0. The lowest BCUT2D eigenvalue weighted by atomic mass is 10.1. The van der Waals surface area contributed by atoms with Gasteiger partial charge in [0.2, 0.25) is 0 Å². The number of carbonyl (C=O) groups excluding carboxylic acids is 1. The number of carbonyl (C=O) groups is 1. The van der Waals surface area contributed by atoms with E-state index in [4.69, 9.17) is 0 Å². The van der Waals surface area contributed by atoms with Gasteiger partial charge in [0, 0.05) is 23.8 Å². The second-order valence-corrected chi connectivity index (χ2v) is 9.25. The third kappa shape index (κ3) is 2.94. The monoisotopic (exact) mass is 373 g/mol. The minimum Gasteiger partial charge on any atom is -0.333 e. The lowest BCUT2D eigenvalue weighted by Crippen LogP contribution is -2.41. The Labute approximate surface area is 153 Å². The molecule has 138 valence electrons. The molecular weight excluding hydrogens is 350 g/mol. The second kappa shape index (κ2) is 6.54. The van der Waals surface area contributed by atoms with Gasteiger partial charge in [0.15, 0.2) is 15.5 Å². The molecule has 2 heterocycles. The zero-order valence-electron chi connectivity index (χ0n) is 14.9. The third-order valence-corrected chi connectivity index (χ3v) is 7.13. The first-order chi connectivity index (χ1) is 12.5. The maximum absolute atomic E-state index is 13.2. The van der Waals surface area contributed by atoms with Gasteiger partial charge >= 0.3 is 0 Å². The molecule has 2 aromatic rings. The standard InChI is InChI=1S/C19H23N3O3S/c1-2-21(15-11-12-26(24,25)13-15)19(23)18-16-9-6-10-17(16)22(20-18)14-7-4-3-5-8-14/h3-5,7-8,15H,2,6,9-13H2,1H3. The number of rotatable bonds is 4. The minimum atomic E-state index is -3.04. The molecule has 1 saturated heterocycles. The normalized spacial score (nSPS) is 20.9. The molecule has 0 saturated carbocycles. The van der Waals surface area contributed by atoms with Gasteiger partial charge in [0.05, 0.1) is 17.2 Å². The number of benzene rings is 1. The molecule has 1 aliphatic heterocycles. The Balaban J connectivity index is 1.70. The van der Waals surface area contributed by atoms with Crippen molar-refractivity contribution in [2.24, 2.45) is 0 Å². The average Bonchev–Trinajstić information content (AvgIpc) is 3.31. The molecule has 0 N–H and O–H groups in total. The van der Waals surface area contributed by atoms with E-state index in [1.807, 2.05) is 41.9 Å². The molecule has 1 aromatic heterocycles. The third-order valence-electron chi connectivity index (χ3n) is 5.38. The first kappa shape index (κ1) is 17.3. The Morgan fingerprint density at radius 3 is 2.69 bits per heavy atom. The zero-order chi connectivity index (χ0) is 18.3. The van der Waals surface area contributed by atoms with Crippen molar-refractivity contribution in [2.75, 3.05) is 18.1 Å². The topological polar surface area (TPSA) is 72.3 Å². The quantitative estimate of drug-likeness (QED) is 0.822. The van der Waals surface area contributed by atoms with Crippen molar-refractivity contribution >= 4 is 15.7 Å². The highest BCUT2D eigenvalue weighted by molar-refractivity contribution is 7.91. The average molecular weight is 373 g/mol. The van der Waals surface area contributed by atoms with Crippen molar-refractivity contribution in [3.63, 3.8) is 0 Å². The first-order valence-electron chi connectivity index (χ1n) is 9.18. The van der Waals surface area contributed by atoms with Crippen molar-refractivity contribution in [2.45, 2.75) is 38.6 Å². The summed E-state index contributed by atoms with van der Waals surface area (Å²) in [4.78, 5) is 14.9. The van der Waals surface area contributed by atoms with Crippen LogP contribution in [0.2, 0.25) is 0 Å². The van der Waals surface area contributed by atoms with E-state index in [-0.39, 0.29) is 23.5 Å². The molecule has 0 radical (unpaired) electrons. The van der Waals surface area contributed by atoms with Crippen LogP contribution in [0.25, 0.3) is 5.69 Å². The number of hydrogen-bond acceptors (Lipinski definition) is 4. The summed E-state index contributed by atoms with van der Waals surface area (Å²) in [6.45, 7) is 2.39. The van der Waals surface area contributed by atoms with Gasteiger partial charge in [-0.2, -0.15) is 5.10 Å². The Hall–Kier alpha value is -2.15. The van der Waals surface area contributed by atoms with Crippen LogP contribution in [0.15, 0.2) is 30.3 Å². The van der Waals surface area contributed by atoms with Crippen LogP contribution in [0.3, 0.4) is 0 Å². The maximum atomic E-state index is 13.2. The van der Waals surface area contributed by atoms with Gasteiger partial charge in [0.1, 0.15) is 0 Å². The van der Waals surface area contributed by atoms with Gasteiger partial charge < -0.3 is 4.90 Å². The number of nitrogens with zero attached hydrogens (tertiary/aromatic N) is 3. The van der Waals surface area contributed by atoms with E-state index in [9.17, 15) is 13.2 Å². The van der Waals surface area contributed by atoms with Crippen LogP contribution in [0.1, 0.15) is 41.5 Å². The van der Waals surface area contributed by atoms with Crippen molar-refractivity contribution in [3.05, 3.63) is 47.3 Å². The molecular formula is C19H23N3O3S. The first-order valence-corrected chi connectivity index (χ1v) is 11.0. The fourth-order valence-corrected chi connectivity index (χ4v) is 5.85. The van der Waals surface area contributed by atoms with Crippen molar-refractivity contribution in [1.82, 2.24) is 14.7 Å². The number of hydrogen-bond donors (Lipinski definition) is 0. The highest BCUT2D eigenvalue weighted by atomic mass is 32.2. The highest BCUT2D eigenvalue weighted by Crippen LogP contribution is 2.29. The summed E-state index contributed by atoms with van der Waals surface area (Å²) in [5.41, 5.74) is 3.58. The Morgan fingerprint density at radius 2 is 2.04 bits per heavy atom. The smallest absolute Gasteiger partial charge is 0.274 e. The number of sulfone groups is 1. The predicted octanol–water partition coefficient (Wildman–Crippen LogP) is 2.01. The number of amides is 1. The van der Waals surface area contributed by atoms with E-state index in [0.717, 1.165) is 36.2 Å². The van der Waals surface area contributed by atoms with Crippen LogP contribution >= 0.6 is 0 Å². The Morgan fingerprint density at radius 1 is 1.27 bits per heavy atom. The van der Waals surface area contributed by atoms with E-state index >= 15 is 0 Å². The highest BCUT2D eigenvalue weighted by Gasteiger charge is 2.37. The summed E-state index contributed by atoms with van der Waals surface area (Å²) in [5.74, 6) is 0.0917. The van der Waals surface area contributed by atoms with E-state index in [0.29, 0.717) is 18.7 Å². The SMILES string of the molecule is CCN(C(=O)c1nn(-c2ccccc2)c2c1CCC2)C1CCS(=O)(=O)C1. The Kier molecular flexibility index (Phi) is 4.34.